The molecule has 0 fully saturated rings. The van der Waals surface area contributed by atoms with E-state index in [1.54, 1.807) is 6.20 Å². The molecule has 0 amide bonds. The van der Waals surface area contributed by atoms with Crippen molar-refractivity contribution in [1.82, 2.24) is 9.78 Å². The molecule has 0 aliphatic heterocycles. The van der Waals surface area contributed by atoms with E-state index in [9.17, 15) is 5.11 Å². The predicted octanol–water partition coefficient (Wildman–Crippen LogP) is 2.89. The second-order valence-corrected chi connectivity index (χ2v) is 5.72. The fourth-order valence-electron chi connectivity index (χ4n) is 2.69. The number of rotatable bonds is 5. The summed E-state index contributed by atoms with van der Waals surface area (Å²) in [4.78, 5) is 0. The molecule has 3 rings (SSSR count). The Bertz CT molecular complexity index is 791. The van der Waals surface area contributed by atoms with Gasteiger partial charge in [-0.05, 0) is 29.2 Å². The molecule has 23 heavy (non-hydrogen) atoms. The lowest BCUT2D eigenvalue weighted by molar-refractivity contribution is 0.281. The smallest absolute Gasteiger partial charge is 0.0712 e. The second-order valence-electron chi connectivity index (χ2n) is 5.72. The van der Waals surface area contributed by atoms with Gasteiger partial charge in [0, 0.05) is 11.8 Å². The normalized spacial score (nSPS) is 10.9. The number of aryl methyl sites for hydroxylation is 1. The molecule has 3 aromatic rings. The van der Waals surface area contributed by atoms with Gasteiger partial charge in [0.05, 0.1) is 26.0 Å². The highest BCUT2D eigenvalue weighted by molar-refractivity contribution is 5.68. The molecule has 0 bridgehead atoms. The zero-order chi connectivity index (χ0) is 16.2. The summed E-state index contributed by atoms with van der Waals surface area (Å²) < 4.78 is 1.81. The van der Waals surface area contributed by atoms with Crippen LogP contribution >= 0.6 is 0 Å². The van der Waals surface area contributed by atoms with Crippen LogP contribution in [0.1, 0.15) is 22.3 Å². The Morgan fingerprint density at radius 1 is 0.957 bits per heavy atom. The average Bonchev–Trinajstić information content (AvgIpc) is 3.03. The molecule has 0 saturated carbocycles. The molecule has 1 aromatic heterocycles. The number of hydrogen-bond acceptors (Lipinski definition) is 3. The maximum atomic E-state index is 9.55. The molecule has 0 unspecified atom stereocenters. The van der Waals surface area contributed by atoms with Crippen LogP contribution in [0.3, 0.4) is 0 Å². The van der Waals surface area contributed by atoms with Gasteiger partial charge in [0.1, 0.15) is 0 Å². The van der Waals surface area contributed by atoms with Crippen molar-refractivity contribution in [1.29, 1.82) is 0 Å². The van der Waals surface area contributed by atoms with Crippen molar-refractivity contribution in [3.63, 3.8) is 0 Å². The van der Waals surface area contributed by atoms with Crippen molar-refractivity contribution in [2.75, 3.05) is 0 Å². The third-order valence-corrected chi connectivity index (χ3v) is 3.91. The molecule has 0 saturated heterocycles. The van der Waals surface area contributed by atoms with Crippen LogP contribution in [-0.4, -0.2) is 20.0 Å². The van der Waals surface area contributed by atoms with E-state index in [4.69, 9.17) is 5.11 Å². The third-order valence-electron chi connectivity index (χ3n) is 3.91. The number of benzene rings is 2. The zero-order valence-electron chi connectivity index (χ0n) is 13.1. The van der Waals surface area contributed by atoms with Gasteiger partial charge in [-0.25, -0.2) is 0 Å². The quantitative estimate of drug-likeness (QED) is 0.762. The maximum absolute atomic E-state index is 9.55. The van der Waals surface area contributed by atoms with Crippen molar-refractivity contribution >= 4 is 0 Å². The van der Waals surface area contributed by atoms with Gasteiger partial charge in [0.2, 0.25) is 0 Å². The lowest BCUT2D eigenvalue weighted by Crippen LogP contribution is -2.00. The first-order valence-electron chi connectivity index (χ1n) is 7.61. The first-order chi connectivity index (χ1) is 11.2. The van der Waals surface area contributed by atoms with Gasteiger partial charge in [-0.3, -0.25) is 4.68 Å². The van der Waals surface area contributed by atoms with Crippen LogP contribution in [0.4, 0.5) is 0 Å². The van der Waals surface area contributed by atoms with E-state index in [0.717, 1.165) is 33.4 Å². The highest BCUT2D eigenvalue weighted by Crippen LogP contribution is 2.25. The minimum Gasteiger partial charge on any atom is -0.392 e. The minimum absolute atomic E-state index is 0.0102. The van der Waals surface area contributed by atoms with Crippen LogP contribution in [0.2, 0.25) is 0 Å². The minimum atomic E-state index is 0.0102. The summed E-state index contributed by atoms with van der Waals surface area (Å²) in [6.45, 7) is 2.74. The summed E-state index contributed by atoms with van der Waals surface area (Å²) in [5, 5.41) is 22.8. The number of aromatic nitrogens is 2. The van der Waals surface area contributed by atoms with Crippen LogP contribution in [-0.2, 0) is 19.8 Å². The highest BCUT2D eigenvalue weighted by atomic mass is 16.3. The molecule has 4 heteroatoms. The lowest BCUT2D eigenvalue weighted by Gasteiger charge is -2.10. The zero-order valence-corrected chi connectivity index (χ0v) is 13.1. The summed E-state index contributed by atoms with van der Waals surface area (Å²) in [5.41, 5.74) is 6.19. The fraction of sp³-hybridized carbons (Fsp3) is 0.211. The van der Waals surface area contributed by atoms with Crippen molar-refractivity contribution in [2.45, 2.75) is 26.7 Å². The monoisotopic (exact) mass is 308 g/mol. The molecule has 0 aliphatic carbocycles. The Morgan fingerprint density at radius 3 is 2.39 bits per heavy atom. The third kappa shape index (κ3) is 3.50. The Morgan fingerprint density at radius 2 is 1.74 bits per heavy atom. The summed E-state index contributed by atoms with van der Waals surface area (Å²) in [7, 11) is 0. The molecule has 1 heterocycles. The lowest BCUT2D eigenvalue weighted by atomic mass is 9.97. The molecule has 0 aliphatic rings. The van der Waals surface area contributed by atoms with Crippen LogP contribution in [0.15, 0.2) is 54.9 Å². The van der Waals surface area contributed by atoms with Crippen molar-refractivity contribution < 1.29 is 10.2 Å². The molecule has 0 spiro atoms. The molecule has 2 N–H and O–H groups in total. The van der Waals surface area contributed by atoms with Gasteiger partial charge >= 0.3 is 0 Å². The predicted molar refractivity (Wildman–Crippen MR) is 89.8 cm³/mol. The number of hydrogen-bond donors (Lipinski definition) is 2. The molecular formula is C19H20N2O2. The first-order valence-corrected chi connectivity index (χ1v) is 7.61. The van der Waals surface area contributed by atoms with E-state index in [2.05, 4.69) is 41.5 Å². The van der Waals surface area contributed by atoms with Crippen LogP contribution in [0, 0.1) is 6.92 Å². The largest absolute Gasteiger partial charge is 0.392 e. The van der Waals surface area contributed by atoms with Crippen molar-refractivity contribution in [3.8, 4) is 11.1 Å². The van der Waals surface area contributed by atoms with E-state index in [-0.39, 0.29) is 13.2 Å². The number of aliphatic hydroxyl groups excluding tert-OH is 2. The fourth-order valence-corrected chi connectivity index (χ4v) is 2.69. The first kappa shape index (κ1) is 15.5. The highest BCUT2D eigenvalue weighted by Gasteiger charge is 2.05. The molecular weight excluding hydrogens is 288 g/mol. The summed E-state index contributed by atoms with van der Waals surface area (Å²) >= 11 is 0. The Balaban J connectivity index is 1.82. The van der Waals surface area contributed by atoms with Gasteiger partial charge in [0.25, 0.3) is 0 Å². The summed E-state index contributed by atoms with van der Waals surface area (Å²) in [6, 6.07) is 14.4. The second kappa shape index (κ2) is 6.77. The molecule has 118 valence electrons. The van der Waals surface area contributed by atoms with Gasteiger partial charge in [-0.15, -0.1) is 0 Å². The van der Waals surface area contributed by atoms with Crippen molar-refractivity contribution in [2.24, 2.45) is 0 Å². The molecule has 4 nitrogen and oxygen atoms in total. The maximum Gasteiger partial charge on any atom is 0.0712 e. The topological polar surface area (TPSA) is 58.3 Å². The van der Waals surface area contributed by atoms with Gasteiger partial charge in [0.15, 0.2) is 0 Å². The van der Waals surface area contributed by atoms with Gasteiger partial charge in [-0.2, -0.15) is 5.10 Å². The van der Waals surface area contributed by atoms with Crippen LogP contribution in [0.5, 0.6) is 0 Å². The number of nitrogens with zero attached hydrogens (tertiary/aromatic N) is 2. The van der Waals surface area contributed by atoms with Crippen molar-refractivity contribution in [3.05, 3.63) is 77.1 Å². The Kier molecular flexibility index (Phi) is 4.55. The van der Waals surface area contributed by atoms with Gasteiger partial charge in [-0.1, -0.05) is 48.0 Å². The Labute approximate surface area is 135 Å². The van der Waals surface area contributed by atoms with E-state index >= 15 is 0 Å². The Hall–Kier alpha value is -2.43. The average molecular weight is 308 g/mol. The molecule has 0 atom stereocenters. The SMILES string of the molecule is Cc1ccc(-c2ccc(Cn3cc(CO)cn3)cc2)c(CO)c1. The van der Waals surface area contributed by atoms with E-state index in [1.807, 2.05) is 23.9 Å². The molecule has 0 radical (unpaired) electrons. The number of aliphatic hydroxyl groups is 2. The van der Waals surface area contributed by atoms with E-state index in [1.165, 1.54) is 0 Å². The van der Waals surface area contributed by atoms with Crippen LogP contribution in [0.25, 0.3) is 11.1 Å². The molecule has 2 aromatic carbocycles. The van der Waals surface area contributed by atoms with E-state index in [0.29, 0.717) is 6.54 Å². The van der Waals surface area contributed by atoms with Gasteiger partial charge < -0.3 is 10.2 Å². The summed E-state index contributed by atoms with van der Waals surface area (Å²) in [5.74, 6) is 0. The summed E-state index contributed by atoms with van der Waals surface area (Å²) in [6.07, 6.45) is 3.52. The standard InChI is InChI=1S/C19H20N2O2/c1-14-2-7-19(18(8-14)13-23)17-5-3-15(4-6-17)10-21-11-16(12-22)9-20-21/h2-9,11,22-23H,10,12-13H2,1H3. The van der Waals surface area contributed by atoms with Crippen LogP contribution < -0.4 is 0 Å². The van der Waals surface area contributed by atoms with E-state index < -0.39 is 0 Å².